The average Bonchev–Trinajstić information content (AvgIpc) is 3.22. The number of nitro groups is 1. The molecule has 1 N–H and O–H groups in total. The van der Waals surface area contributed by atoms with Crippen molar-refractivity contribution in [2.75, 3.05) is 24.2 Å². The van der Waals surface area contributed by atoms with Crippen LogP contribution in [0.3, 0.4) is 0 Å². The maximum absolute atomic E-state index is 12.5. The van der Waals surface area contributed by atoms with Crippen molar-refractivity contribution >= 4 is 40.6 Å². The fourth-order valence-corrected chi connectivity index (χ4v) is 4.66. The Hall–Kier alpha value is -2.95. The molecule has 0 atom stereocenters. The number of amides is 1. The maximum Gasteiger partial charge on any atom is 0.289 e. The molecule has 0 spiro atoms. The summed E-state index contributed by atoms with van der Waals surface area (Å²) in [7, 11) is 0. The normalized spacial score (nSPS) is 14.2. The summed E-state index contributed by atoms with van der Waals surface area (Å²) in [5.74, 6) is 0.599. The second-order valence-electron chi connectivity index (χ2n) is 7.67. The van der Waals surface area contributed by atoms with E-state index in [4.69, 9.17) is 11.6 Å². The van der Waals surface area contributed by atoms with E-state index in [1.54, 1.807) is 0 Å². The highest BCUT2D eigenvalue weighted by Crippen LogP contribution is 2.28. The van der Waals surface area contributed by atoms with E-state index in [0.717, 1.165) is 24.6 Å². The Labute approximate surface area is 200 Å². The van der Waals surface area contributed by atoms with Crippen LogP contribution in [0.1, 0.15) is 25.1 Å². The fraction of sp³-hybridized carbons (Fsp3) is 0.318. The van der Waals surface area contributed by atoms with Crippen LogP contribution in [-0.2, 0) is 11.3 Å². The maximum atomic E-state index is 12.5. The number of nitro benzene ring substituents is 1. The fourth-order valence-electron chi connectivity index (χ4n) is 3.71. The van der Waals surface area contributed by atoms with Crippen molar-refractivity contribution in [1.29, 1.82) is 0 Å². The number of anilines is 1. The van der Waals surface area contributed by atoms with Crippen LogP contribution in [0.5, 0.6) is 0 Å². The number of hydrogen-bond acceptors (Lipinski definition) is 7. The molecule has 0 aliphatic carbocycles. The molecule has 1 fully saturated rings. The van der Waals surface area contributed by atoms with E-state index in [-0.39, 0.29) is 22.4 Å². The van der Waals surface area contributed by atoms with Crippen LogP contribution < -0.4 is 5.32 Å². The standard InChI is InChI=1S/C22H23ClN6O3S/c23-18-10-9-16(13-19(18)29(31)32)24-21(30)15-33-22-26-25-20(14-27-11-5-2-6-12-27)28(22)17-7-3-1-4-8-17/h1,3-4,7-10,13H,2,5-6,11-12,14-15H2,(H,24,30). The minimum Gasteiger partial charge on any atom is -0.325 e. The zero-order valence-corrected chi connectivity index (χ0v) is 19.4. The zero-order chi connectivity index (χ0) is 23.2. The molecule has 1 amide bonds. The lowest BCUT2D eigenvalue weighted by Crippen LogP contribution is -2.30. The van der Waals surface area contributed by atoms with Gasteiger partial charge in [-0.05, 0) is 50.2 Å². The summed E-state index contributed by atoms with van der Waals surface area (Å²) < 4.78 is 1.99. The van der Waals surface area contributed by atoms with Gasteiger partial charge >= 0.3 is 0 Å². The minimum absolute atomic E-state index is 0.0181. The molecule has 11 heteroatoms. The number of carbonyl (C=O) groups excluding carboxylic acids is 1. The summed E-state index contributed by atoms with van der Waals surface area (Å²) in [6.07, 6.45) is 3.63. The van der Waals surface area contributed by atoms with E-state index in [9.17, 15) is 14.9 Å². The lowest BCUT2D eigenvalue weighted by molar-refractivity contribution is -0.384. The van der Waals surface area contributed by atoms with E-state index in [0.29, 0.717) is 17.4 Å². The predicted octanol–water partition coefficient (Wildman–Crippen LogP) is 4.55. The van der Waals surface area contributed by atoms with Gasteiger partial charge in [0.1, 0.15) is 5.02 Å². The number of aromatic nitrogens is 3. The Morgan fingerprint density at radius 2 is 1.88 bits per heavy atom. The second kappa shape index (κ2) is 10.8. The third kappa shape index (κ3) is 5.89. The van der Waals surface area contributed by atoms with Gasteiger partial charge in [-0.15, -0.1) is 10.2 Å². The molecule has 2 heterocycles. The molecule has 2 aromatic carbocycles. The topological polar surface area (TPSA) is 106 Å². The number of benzene rings is 2. The van der Waals surface area contributed by atoms with Gasteiger partial charge in [-0.25, -0.2) is 0 Å². The van der Waals surface area contributed by atoms with Crippen LogP contribution in [0.2, 0.25) is 5.02 Å². The molecule has 9 nitrogen and oxygen atoms in total. The second-order valence-corrected chi connectivity index (χ2v) is 9.02. The first-order valence-electron chi connectivity index (χ1n) is 10.6. The van der Waals surface area contributed by atoms with E-state index < -0.39 is 4.92 Å². The SMILES string of the molecule is O=C(CSc1nnc(CN2CCCCC2)n1-c1ccccc1)Nc1ccc(Cl)c([N+](=O)[O-])c1. The van der Waals surface area contributed by atoms with E-state index in [2.05, 4.69) is 20.4 Å². The number of thioether (sulfide) groups is 1. The van der Waals surface area contributed by atoms with Crippen molar-refractivity contribution in [1.82, 2.24) is 19.7 Å². The number of halogens is 1. The third-order valence-electron chi connectivity index (χ3n) is 5.29. The van der Waals surface area contributed by atoms with Crippen molar-refractivity contribution in [2.24, 2.45) is 0 Å². The molecule has 3 aromatic rings. The molecular weight excluding hydrogens is 464 g/mol. The zero-order valence-electron chi connectivity index (χ0n) is 17.8. The average molecular weight is 487 g/mol. The highest BCUT2D eigenvalue weighted by atomic mass is 35.5. The van der Waals surface area contributed by atoms with Gasteiger partial charge in [0.05, 0.1) is 17.2 Å². The van der Waals surface area contributed by atoms with E-state index >= 15 is 0 Å². The largest absolute Gasteiger partial charge is 0.325 e. The number of nitrogens with one attached hydrogen (secondary N) is 1. The summed E-state index contributed by atoms with van der Waals surface area (Å²) in [6, 6.07) is 14.0. The molecule has 1 aliphatic heterocycles. The number of para-hydroxylation sites is 1. The number of rotatable bonds is 8. The van der Waals surface area contributed by atoms with Crippen molar-refractivity contribution in [3.63, 3.8) is 0 Å². The van der Waals surface area contributed by atoms with Gasteiger partial charge in [0.25, 0.3) is 5.69 Å². The Bertz CT molecular complexity index is 1130. The first-order valence-corrected chi connectivity index (χ1v) is 12.0. The van der Waals surface area contributed by atoms with Gasteiger partial charge in [0.15, 0.2) is 11.0 Å². The molecular formula is C22H23ClN6O3S. The van der Waals surface area contributed by atoms with Crippen molar-refractivity contribution in [3.05, 3.63) is 69.5 Å². The minimum atomic E-state index is -0.584. The highest BCUT2D eigenvalue weighted by molar-refractivity contribution is 7.99. The number of carbonyl (C=O) groups is 1. The highest BCUT2D eigenvalue weighted by Gasteiger charge is 2.20. The number of hydrogen-bond donors (Lipinski definition) is 1. The van der Waals surface area contributed by atoms with Crippen LogP contribution in [-0.4, -0.2) is 49.3 Å². The number of nitrogens with zero attached hydrogens (tertiary/aromatic N) is 5. The molecule has 172 valence electrons. The van der Waals surface area contributed by atoms with E-state index in [1.807, 2.05) is 34.9 Å². The first kappa shape index (κ1) is 23.2. The monoisotopic (exact) mass is 486 g/mol. The Morgan fingerprint density at radius 1 is 1.12 bits per heavy atom. The summed E-state index contributed by atoms with van der Waals surface area (Å²) in [5.41, 5.74) is 0.992. The van der Waals surface area contributed by atoms with Gasteiger partial charge < -0.3 is 5.32 Å². The van der Waals surface area contributed by atoms with Crippen molar-refractivity contribution in [3.8, 4) is 5.69 Å². The molecule has 1 saturated heterocycles. The lowest BCUT2D eigenvalue weighted by atomic mass is 10.1. The molecule has 1 aliphatic rings. The van der Waals surface area contributed by atoms with Gasteiger partial charge in [0.2, 0.25) is 5.91 Å². The molecule has 0 bridgehead atoms. The van der Waals surface area contributed by atoms with Crippen LogP contribution >= 0.6 is 23.4 Å². The van der Waals surface area contributed by atoms with Gasteiger partial charge in [-0.1, -0.05) is 48.0 Å². The van der Waals surface area contributed by atoms with Gasteiger partial charge in [-0.2, -0.15) is 0 Å². The Balaban J connectivity index is 1.48. The Kier molecular flexibility index (Phi) is 7.58. The van der Waals surface area contributed by atoms with Crippen LogP contribution in [0, 0.1) is 10.1 Å². The van der Waals surface area contributed by atoms with Gasteiger partial charge in [-0.3, -0.25) is 24.4 Å². The summed E-state index contributed by atoms with van der Waals surface area (Å²) in [4.78, 5) is 25.4. The Morgan fingerprint density at radius 3 is 2.61 bits per heavy atom. The summed E-state index contributed by atoms with van der Waals surface area (Å²) in [6.45, 7) is 2.78. The van der Waals surface area contributed by atoms with Crippen LogP contribution in [0.4, 0.5) is 11.4 Å². The van der Waals surface area contributed by atoms with Gasteiger partial charge in [0, 0.05) is 17.4 Å². The third-order valence-corrected chi connectivity index (χ3v) is 6.54. The van der Waals surface area contributed by atoms with Crippen LogP contribution in [0.25, 0.3) is 5.69 Å². The molecule has 0 unspecified atom stereocenters. The number of piperidine rings is 1. The van der Waals surface area contributed by atoms with Crippen molar-refractivity contribution < 1.29 is 9.72 Å². The predicted molar refractivity (Wildman–Crippen MR) is 128 cm³/mol. The molecule has 4 rings (SSSR count). The van der Waals surface area contributed by atoms with E-state index in [1.165, 1.54) is 49.2 Å². The molecule has 0 saturated carbocycles. The quantitative estimate of drug-likeness (QED) is 0.283. The molecule has 0 radical (unpaired) electrons. The smallest absolute Gasteiger partial charge is 0.289 e. The summed E-state index contributed by atoms with van der Waals surface area (Å²) >= 11 is 7.10. The number of likely N-dealkylation sites (tertiary alicyclic amines) is 1. The summed E-state index contributed by atoms with van der Waals surface area (Å²) in [5, 5.41) is 23.1. The first-order chi connectivity index (χ1) is 16.0. The van der Waals surface area contributed by atoms with Crippen molar-refractivity contribution in [2.45, 2.75) is 31.0 Å². The van der Waals surface area contributed by atoms with Crippen LogP contribution in [0.15, 0.2) is 53.7 Å². The molecule has 1 aromatic heterocycles. The lowest BCUT2D eigenvalue weighted by Gasteiger charge is -2.26. The molecule has 33 heavy (non-hydrogen) atoms.